The van der Waals surface area contributed by atoms with Gasteiger partial charge in [0.05, 0.1) is 55.5 Å². The molecule has 11 aromatic carbocycles. The summed E-state index contributed by atoms with van der Waals surface area (Å²) in [6.07, 6.45) is -3.05. The summed E-state index contributed by atoms with van der Waals surface area (Å²) >= 11 is 0. The topological polar surface area (TPSA) is 71.3 Å². The number of nitrogens with zero attached hydrogens (tertiary/aromatic N) is 8. The van der Waals surface area contributed by atoms with Crippen LogP contribution in [-0.2, 0) is 34.4 Å². The van der Waals surface area contributed by atoms with Crippen LogP contribution in [0, 0.1) is 0 Å². The molecule has 564 valence electrons. The Morgan fingerprint density at radius 1 is 0.254 bits per heavy atom. The fourth-order valence-corrected chi connectivity index (χ4v) is 16.4. The zero-order valence-electron chi connectivity index (χ0n) is 71.8. The van der Waals surface area contributed by atoms with E-state index in [1.54, 1.807) is 13.8 Å². The van der Waals surface area contributed by atoms with Crippen LogP contribution in [0.15, 0.2) is 328 Å². The van der Waals surface area contributed by atoms with Crippen molar-refractivity contribution in [2.24, 2.45) is 0 Å². The van der Waals surface area contributed by atoms with Crippen LogP contribution >= 0.6 is 0 Å². The third kappa shape index (κ3) is 14.4. The number of hydrogen-bond acceptors (Lipinski definition) is 4. The van der Waals surface area contributed by atoms with Crippen LogP contribution in [0.1, 0.15) is 136 Å². The lowest BCUT2D eigenvalue weighted by molar-refractivity contribution is 0.578. The summed E-state index contributed by atoms with van der Waals surface area (Å²) in [5.74, 6) is 3.62. The van der Waals surface area contributed by atoms with E-state index in [0.717, 1.165) is 79.1 Å². The smallest absolute Gasteiger partial charge is 0.143 e. The molecule has 0 unspecified atom stereocenters. The second-order valence-corrected chi connectivity index (χ2v) is 33.5. The molecular weight excluding hydrogens is 1390 g/mol. The van der Waals surface area contributed by atoms with Crippen LogP contribution < -0.4 is 0 Å². The molecule has 0 saturated carbocycles. The van der Waals surface area contributed by atoms with Gasteiger partial charge >= 0.3 is 0 Å². The van der Waals surface area contributed by atoms with Crippen molar-refractivity contribution in [1.29, 1.82) is 0 Å². The Kier molecular flexibility index (Phi) is 19.0. The van der Waals surface area contributed by atoms with E-state index in [1.165, 1.54) is 87.3 Å². The van der Waals surface area contributed by atoms with E-state index in [-0.39, 0.29) is 21.7 Å². The first kappa shape index (κ1) is 70.3. The molecular formula is C106H100N8. The van der Waals surface area contributed by atoms with Gasteiger partial charge in [-0.15, -0.1) is 0 Å². The molecule has 19 aromatic rings. The Morgan fingerprint density at radius 2 is 0.544 bits per heavy atom. The number of fused-ring (bicyclic) bond motifs is 12. The summed E-state index contributed by atoms with van der Waals surface area (Å²) in [6.45, 7) is 29.4. The zero-order valence-corrected chi connectivity index (χ0v) is 67.8. The number of aryl methyl sites for hydroxylation is 2. The molecule has 0 aliphatic carbocycles. The third-order valence-corrected chi connectivity index (χ3v) is 21.7. The van der Waals surface area contributed by atoms with Gasteiger partial charge in [-0.3, -0.25) is 23.3 Å². The van der Waals surface area contributed by atoms with Gasteiger partial charge in [-0.05, 0) is 135 Å². The summed E-state index contributed by atoms with van der Waals surface area (Å²) in [5, 5.41) is 9.85. The number of para-hydroxylation sites is 8. The van der Waals surface area contributed by atoms with Gasteiger partial charge in [-0.1, -0.05) is 352 Å². The van der Waals surface area contributed by atoms with Gasteiger partial charge in [0.15, 0.2) is 0 Å². The van der Waals surface area contributed by atoms with Crippen molar-refractivity contribution >= 4 is 87.2 Å². The first-order chi connectivity index (χ1) is 56.4. The van der Waals surface area contributed by atoms with E-state index in [2.05, 4.69) is 344 Å². The lowest BCUT2D eigenvalue weighted by Gasteiger charge is -2.26. The minimum absolute atomic E-state index is 0.0114. The average molecular weight is 1490 g/mol. The number of hydrogen-bond donors (Lipinski definition) is 0. The number of pyridine rings is 4. The standard InChI is InChI=1S/C33H27N3.C27H24N2.C23H24N2.C23H25N/c1-33(2,3)26-20-21-31(35-27-16-8-4-12-22(27)23-13-5-9-17-28(23)35)34-32(26)36-29-18-10-6-14-24(29)25-15-7-11-19-30(25)36;1-27(2,3)22-17-18-25(28-26(22)19-11-5-4-6-12-19)29-23-15-9-7-13-20(23)21-14-8-10-16-24(21)29;1-5-19-18(23(2,3)4)14-15-22(24-19)25-20-12-8-6-10-16(20)17-11-7-9-13-21(17)25;1-5-20-22(23(2,3)4)19(17-12-8-6-9-13-17)16-21(24-20)18-14-10-7-11-15-18/h4-21H,1-3H3;4-18H,1-3H3;6-15H,5H2,1-4H3;6-16H,5H2,1-4H3/i;;2*5D2. The number of rotatable bonds is 9. The van der Waals surface area contributed by atoms with Crippen molar-refractivity contribution in [3.63, 3.8) is 0 Å². The van der Waals surface area contributed by atoms with Crippen molar-refractivity contribution < 1.29 is 5.48 Å². The Balaban J connectivity index is 0.000000119. The van der Waals surface area contributed by atoms with Gasteiger partial charge in [0.1, 0.15) is 23.3 Å². The van der Waals surface area contributed by atoms with Crippen LogP contribution in [0.3, 0.4) is 0 Å². The van der Waals surface area contributed by atoms with Crippen LogP contribution in [0.2, 0.25) is 0 Å². The lowest BCUT2D eigenvalue weighted by Crippen LogP contribution is -2.17. The minimum atomic E-state index is -1.53. The minimum Gasteiger partial charge on any atom is -0.294 e. The molecule has 0 aliphatic heterocycles. The zero-order chi connectivity index (χ0) is 82.8. The molecule has 0 fully saturated rings. The first-order valence-corrected chi connectivity index (χ1v) is 39.6. The maximum Gasteiger partial charge on any atom is 0.143 e. The van der Waals surface area contributed by atoms with E-state index in [9.17, 15) is 0 Å². The molecule has 0 amide bonds. The Bertz CT molecular complexity index is 6720. The molecule has 8 nitrogen and oxygen atoms in total. The molecule has 0 atom stereocenters. The SMILES string of the molecule is CC(C)(C)c1ccc(-n2c3ccccc3c3ccccc32)nc1-c1ccccc1.CC(C)(C)c1ccc(-n2c3ccccc3c3ccccc32)nc1-n1c2ccccc2c2ccccc21.[2H]C([2H])(C)c1nc(-c2ccccc2)cc(-c2ccccc2)c1C(C)(C)C.[2H]C([2H])(C)c1nc(-n2c3ccccc3c3ccccc32)ccc1C(C)(C)C. The summed E-state index contributed by atoms with van der Waals surface area (Å²) in [6, 6.07) is 114. The van der Waals surface area contributed by atoms with Crippen LogP contribution in [0.4, 0.5) is 0 Å². The van der Waals surface area contributed by atoms with Crippen molar-refractivity contribution in [2.75, 3.05) is 0 Å². The Hall–Kier alpha value is -12.8. The highest BCUT2D eigenvalue weighted by atomic mass is 15.1. The number of benzene rings is 11. The highest BCUT2D eigenvalue weighted by Gasteiger charge is 2.29. The molecule has 0 spiro atoms. The van der Waals surface area contributed by atoms with Gasteiger partial charge in [-0.2, -0.15) is 0 Å². The van der Waals surface area contributed by atoms with E-state index in [4.69, 9.17) is 25.4 Å². The molecule has 0 N–H and O–H groups in total. The second-order valence-electron chi connectivity index (χ2n) is 33.5. The van der Waals surface area contributed by atoms with E-state index >= 15 is 0 Å². The van der Waals surface area contributed by atoms with Crippen molar-refractivity contribution in [2.45, 2.75) is 131 Å². The van der Waals surface area contributed by atoms with Gasteiger partial charge in [0.25, 0.3) is 0 Å². The van der Waals surface area contributed by atoms with Crippen molar-refractivity contribution in [3.05, 3.63) is 361 Å². The molecule has 0 bridgehead atoms. The largest absolute Gasteiger partial charge is 0.294 e. The summed E-state index contributed by atoms with van der Waals surface area (Å²) in [4.78, 5) is 20.3. The monoisotopic (exact) mass is 1490 g/mol. The lowest BCUT2D eigenvalue weighted by atomic mass is 9.79. The molecule has 0 radical (unpaired) electrons. The normalized spacial score (nSPS) is 12.8. The van der Waals surface area contributed by atoms with Gasteiger partial charge < -0.3 is 0 Å². The number of aromatic nitrogens is 8. The van der Waals surface area contributed by atoms with Gasteiger partial charge in [0.2, 0.25) is 0 Å². The first-order valence-electron chi connectivity index (χ1n) is 41.6. The van der Waals surface area contributed by atoms with Gasteiger partial charge in [-0.25, -0.2) is 15.0 Å². The van der Waals surface area contributed by atoms with Crippen molar-refractivity contribution in [3.8, 4) is 56.9 Å². The molecule has 8 aromatic heterocycles. The molecule has 8 heteroatoms. The third-order valence-electron chi connectivity index (χ3n) is 21.7. The Morgan fingerprint density at radius 3 is 0.886 bits per heavy atom. The molecule has 8 heterocycles. The predicted octanol–water partition coefficient (Wildman–Crippen LogP) is 28.0. The molecule has 114 heavy (non-hydrogen) atoms. The van der Waals surface area contributed by atoms with E-state index in [1.807, 2.05) is 84.9 Å². The predicted molar refractivity (Wildman–Crippen MR) is 484 cm³/mol. The summed E-state index contributed by atoms with van der Waals surface area (Å²) < 4.78 is 42.6. The highest BCUT2D eigenvalue weighted by Crippen LogP contribution is 2.43. The van der Waals surface area contributed by atoms with Gasteiger partial charge in [0, 0.05) is 76.7 Å². The van der Waals surface area contributed by atoms with Crippen LogP contribution in [0.5, 0.6) is 0 Å². The van der Waals surface area contributed by atoms with Crippen molar-refractivity contribution in [1.82, 2.24) is 38.2 Å². The molecule has 0 saturated heterocycles. The van der Waals surface area contributed by atoms with E-state index < -0.39 is 12.7 Å². The fraction of sp³-hybridized carbons (Fsp3) is 0.189. The second kappa shape index (κ2) is 30.7. The Labute approximate surface area is 676 Å². The summed E-state index contributed by atoms with van der Waals surface area (Å²) in [7, 11) is 0. The maximum atomic E-state index is 8.42. The average Bonchev–Trinajstić information content (AvgIpc) is 1.56. The fourth-order valence-electron chi connectivity index (χ4n) is 16.4. The molecule has 0 aliphatic rings. The molecule has 19 rings (SSSR count). The van der Waals surface area contributed by atoms with Crippen LogP contribution in [-0.4, -0.2) is 38.2 Å². The summed E-state index contributed by atoms with van der Waals surface area (Å²) in [5.41, 5.74) is 20.3. The van der Waals surface area contributed by atoms with Crippen LogP contribution in [0.25, 0.3) is 144 Å². The highest BCUT2D eigenvalue weighted by molar-refractivity contribution is 6.12. The quantitative estimate of drug-likeness (QED) is 0.144. The maximum absolute atomic E-state index is 8.42. The van der Waals surface area contributed by atoms with E-state index in [0.29, 0.717) is 11.4 Å².